The van der Waals surface area contributed by atoms with Gasteiger partial charge in [-0.25, -0.2) is 4.57 Å². The van der Waals surface area contributed by atoms with Gasteiger partial charge in [-0.15, -0.1) is 0 Å². The van der Waals surface area contributed by atoms with Gasteiger partial charge in [-0.1, -0.05) is 120 Å². The Morgan fingerprint density at radius 2 is 1.15 bits per heavy atom. The lowest BCUT2D eigenvalue weighted by atomic mass is 10.1. The van der Waals surface area contributed by atoms with Crippen LogP contribution in [0, 0.1) is 0 Å². The van der Waals surface area contributed by atoms with Crippen molar-refractivity contribution in [1.82, 2.24) is 0 Å². The van der Waals surface area contributed by atoms with Gasteiger partial charge in [0.15, 0.2) is 6.10 Å². The van der Waals surface area contributed by atoms with Crippen LogP contribution < -0.4 is 0 Å². The van der Waals surface area contributed by atoms with Crippen molar-refractivity contribution in [1.29, 1.82) is 0 Å². The number of phosphoric acid groups is 1. The molecule has 1 N–H and O–H groups in total. The minimum atomic E-state index is -4.28. The summed E-state index contributed by atoms with van der Waals surface area (Å²) in [6.07, 6.45) is 38.6. The van der Waals surface area contributed by atoms with E-state index in [4.69, 9.17) is 14.0 Å². The molecule has 0 bridgehead atoms. The van der Waals surface area contributed by atoms with E-state index in [-0.39, 0.29) is 19.4 Å². The summed E-state index contributed by atoms with van der Waals surface area (Å²) in [5.74, 6) is -0.916. The number of esters is 2. The topological polar surface area (TPSA) is 108 Å². The van der Waals surface area contributed by atoms with Crippen molar-refractivity contribution >= 4 is 19.8 Å². The number of carbonyl (C=O) groups excluding carboxylic acids is 2. The number of phosphoric ester groups is 1. The van der Waals surface area contributed by atoms with Crippen LogP contribution in [0.2, 0.25) is 0 Å². The van der Waals surface area contributed by atoms with Crippen molar-refractivity contribution in [3.63, 3.8) is 0 Å². The summed E-state index contributed by atoms with van der Waals surface area (Å²) in [4.78, 5) is 34.2. The lowest BCUT2D eigenvalue weighted by molar-refractivity contribution is -0.161. The molecule has 0 radical (unpaired) electrons. The molecule has 0 aliphatic rings. The van der Waals surface area contributed by atoms with Gasteiger partial charge in [0, 0.05) is 20.0 Å². The second kappa shape index (κ2) is 32.7. The van der Waals surface area contributed by atoms with Crippen LogP contribution in [-0.2, 0) is 32.7 Å². The fourth-order valence-electron chi connectivity index (χ4n) is 4.31. The van der Waals surface area contributed by atoms with E-state index in [9.17, 15) is 19.0 Å². The Hall–Kier alpha value is -2.25. The Bertz CT molecular complexity index is 938. The highest BCUT2D eigenvalue weighted by atomic mass is 31.2. The molecule has 2 unspecified atom stereocenters. The normalized spacial score (nSPS) is 14.3. The summed E-state index contributed by atoms with van der Waals surface area (Å²) >= 11 is 0. The monoisotopic (exact) mass is 666 g/mol. The van der Waals surface area contributed by atoms with Gasteiger partial charge in [0.1, 0.15) is 6.61 Å². The maximum atomic E-state index is 12.4. The molecule has 0 aliphatic carbocycles. The molecule has 0 amide bonds. The lowest BCUT2D eigenvalue weighted by Gasteiger charge is -2.19. The fraction of sp³-hybridized carbons (Fsp3) is 0.676. The molecule has 0 aromatic heterocycles. The van der Waals surface area contributed by atoms with Gasteiger partial charge < -0.3 is 14.4 Å². The van der Waals surface area contributed by atoms with Crippen LogP contribution in [0.5, 0.6) is 0 Å². The molecular formula is C37H63O8P. The van der Waals surface area contributed by atoms with E-state index in [2.05, 4.69) is 67.0 Å². The average molecular weight is 667 g/mol. The number of carbonyl (C=O) groups is 2. The minimum absolute atomic E-state index is 0.120. The third-order valence-corrected chi connectivity index (χ3v) is 7.95. The smallest absolute Gasteiger partial charge is 0.462 e. The van der Waals surface area contributed by atoms with Crippen LogP contribution in [0.15, 0.2) is 60.8 Å². The second-order valence-corrected chi connectivity index (χ2v) is 12.8. The van der Waals surface area contributed by atoms with Gasteiger partial charge in [0.2, 0.25) is 0 Å². The maximum Gasteiger partial charge on any atom is 0.472 e. The Kier molecular flexibility index (Phi) is 31.1. The van der Waals surface area contributed by atoms with Crippen LogP contribution in [0.25, 0.3) is 0 Å². The molecule has 0 rings (SSSR count). The first-order valence-corrected chi connectivity index (χ1v) is 19.0. The van der Waals surface area contributed by atoms with Crippen LogP contribution in [0.3, 0.4) is 0 Å². The number of ether oxygens (including phenoxy) is 2. The van der Waals surface area contributed by atoms with E-state index in [1.165, 1.54) is 38.5 Å². The zero-order valence-electron chi connectivity index (χ0n) is 29.0. The van der Waals surface area contributed by atoms with Gasteiger partial charge in [-0.2, -0.15) is 0 Å². The Balaban J connectivity index is 4.23. The van der Waals surface area contributed by atoms with Crippen molar-refractivity contribution in [2.45, 2.75) is 142 Å². The van der Waals surface area contributed by atoms with Crippen LogP contribution in [0.4, 0.5) is 0 Å². The predicted octanol–water partition coefficient (Wildman–Crippen LogP) is 10.4. The number of hydrogen-bond acceptors (Lipinski definition) is 7. The van der Waals surface area contributed by atoms with E-state index in [1.54, 1.807) is 0 Å². The highest BCUT2D eigenvalue weighted by Gasteiger charge is 2.24. The zero-order valence-corrected chi connectivity index (χ0v) is 29.8. The van der Waals surface area contributed by atoms with Crippen molar-refractivity contribution < 1.29 is 37.6 Å². The summed E-state index contributed by atoms with van der Waals surface area (Å²) in [5, 5.41) is 0. The van der Waals surface area contributed by atoms with Gasteiger partial charge in [0.05, 0.1) is 6.61 Å². The molecule has 46 heavy (non-hydrogen) atoms. The molecule has 0 aromatic carbocycles. The maximum absolute atomic E-state index is 12.4. The molecule has 9 heteroatoms. The summed E-state index contributed by atoms with van der Waals surface area (Å²) in [7, 11) is -3.23. The van der Waals surface area contributed by atoms with E-state index < -0.39 is 32.5 Å². The zero-order chi connectivity index (χ0) is 34.0. The third-order valence-electron chi connectivity index (χ3n) is 7.01. The van der Waals surface area contributed by atoms with Crippen LogP contribution in [-0.4, -0.2) is 43.3 Å². The fourth-order valence-corrected chi connectivity index (χ4v) is 4.77. The standard InChI is InChI=1S/C37H63O8P/c1-4-6-8-10-12-14-16-18-20-21-23-25-27-29-31-36(38)43-33-35(34-44-46(40,41)42-3)45-37(39)32-30-28-26-24-22-19-17-15-13-11-9-7-5-2/h7,9,13,15-16,18-19,22,26,28,35H,4-6,8,10-12,14,17,20-21,23-25,27,29-34H2,1-3H3,(H,40,41)/b9-7-,15-13-,18-16-,22-19-,28-26-. The predicted molar refractivity (Wildman–Crippen MR) is 188 cm³/mol. The molecule has 0 spiro atoms. The first kappa shape index (κ1) is 43.8. The molecule has 0 aromatic rings. The van der Waals surface area contributed by atoms with Crippen molar-refractivity contribution in [2.24, 2.45) is 0 Å². The number of hydrogen-bond donors (Lipinski definition) is 1. The highest BCUT2D eigenvalue weighted by Crippen LogP contribution is 2.42. The van der Waals surface area contributed by atoms with E-state index in [0.29, 0.717) is 6.42 Å². The van der Waals surface area contributed by atoms with E-state index in [1.807, 2.05) is 12.2 Å². The summed E-state index contributed by atoms with van der Waals surface area (Å²) < 4.78 is 31.7. The minimum Gasteiger partial charge on any atom is -0.462 e. The molecule has 8 nitrogen and oxygen atoms in total. The first-order valence-electron chi connectivity index (χ1n) is 17.5. The molecule has 0 heterocycles. The Morgan fingerprint density at radius 1 is 0.630 bits per heavy atom. The summed E-state index contributed by atoms with van der Waals surface area (Å²) in [6.45, 7) is 3.66. The molecule has 0 saturated heterocycles. The van der Waals surface area contributed by atoms with Gasteiger partial charge in [-0.05, 0) is 64.2 Å². The second-order valence-electron chi connectivity index (χ2n) is 11.3. The SMILES string of the molecule is CC/C=C\C/C=C\C/C=C\C/C=C\CCC(=O)OC(COC(=O)CCCCCCC/C=C\CCCCCCC)COP(=O)(O)OC. The number of rotatable bonds is 31. The molecule has 264 valence electrons. The summed E-state index contributed by atoms with van der Waals surface area (Å²) in [5.41, 5.74) is 0. The molecule has 0 saturated carbocycles. The molecule has 0 aliphatic heterocycles. The number of unbranched alkanes of at least 4 members (excludes halogenated alkanes) is 10. The Morgan fingerprint density at radius 3 is 1.74 bits per heavy atom. The van der Waals surface area contributed by atoms with Crippen LogP contribution >= 0.6 is 7.82 Å². The quantitative estimate of drug-likeness (QED) is 0.0337. The van der Waals surface area contributed by atoms with Gasteiger partial charge in [0.25, 0.3) is 0 Å². The summed E-state index contributed by atoms with van der Waals surface area (Å²) in [6, 6.07) is 0. The average Bonchev–Trinajstić information content (AvgIpc) is 3.04. The van der Waals surface area contributed by atoms with Gasteiger partial charge in [-0.3, -0.25) is 18.6 Å². The molecular weight excluding hydrogens is 603 g/mol. The molecule has 0 fully saturated rings. The lowest BCUT2D eigenvalue weighted by Crippen LogP contribution is -2.29. The van der Waals surface area contributed by atoms with E-state index in [0.717, 1.165) is 71.3 Å². The van der Waals surface area contributed by atoms with Crippen LogP contribution in [0.1, 0.15) is 136 Å². The van der Waals surface area contributed by atoms with Crippen molar-refractivity contribution in [3.8, 4) is 0 Å². The molecule has 2 atom stereocenters. The highest BCUT2D eigenvalue weighted by molar-refractivity contribution is 7.47. The largest absolute Gasteiger partial charge is 0.472 e. The van der Waals surface area contributed by atoms with E-state index >= 15 is 0 Å². The number of allylic oxidation sites excluding steroid dienone is 10. The Labute approximate surface area is 280 Å². The van der Waals surface area contributed by atoms with Crippen molar-refractivity contribution in [2.75, 3.05) is 20.3 Å². The van der Waals surface area contributed by atoms with Gasteiger partial charge >= 0.3 is 19.8 Å². The third kappa shape index (κ3) is 31.7. The van der Waals surface area contributed by atoms with Crippen molar-refractivity contribution in [3.05, 3.63) is 60.8 Å². The first-order chi connectivity index (χ1) is 22.3.